The highest BCUT2D eigenvalue weighted by molar-refractivity contribution is 7.99. The van der Waals surface area contributed by atoms with Crippen LogP contribution in [-0.2, 0) is 0 Å². The first-order valence-corrected chi connectivity index (χ1v) is 8.92. The Labute approximate surface area is 154 Å². The standard InChI is InChI=1S/C18H15ClFN3OS/c19-14-4-8-16(9-5-14)24-11-12-25-18-21-17(22-23-18)10-3-13-1-6-15(20)7-2-13/h1-10H,11-12H2,(H,21,22,23)/b10-3+. The van der Waals surface area contributed by atoms with Crippen LogP contribution in [0.25, 0.3) is 12.2 Å². The molecule has 0 aliphatic heterocycles. The van der Waals surface area contributed by atoms with Crippen molar-refractivity contribution >= 4 is 35.5 Å². The Morgan fingerprint density at radius 2 is 1.84 bits per heavy atom. The number of hydrogen-bond donors (Lipinski definition) is 1. The maximum atomic E-state index is 12.9. The summed E-state index contributed by atoms with van der Waals surface area (Å²) in [5.74, 6) is 1.89. The van der Waals surface area contributed by atoms with E-state index >= 15 is 0 Å². The Bertz CT molecular complexity index is 834. The van der Waals surface area contributed by atoms with Crippen LogP contribution >= 0.6 is 23.4 Å². The third-order valence-corrected chi connectivity index (χ3v) is 4.25. The fourth-order valence-corrected chi connectivity index (χ4v) is 2.72. The van der Waals surface area contributed by atoms with E-state index < -0.39 is 0 Å². The second kappa shape index (κ2) is 8.69. The lowest BCUT2D eigenvalue weighted by atomic mass is 10.2. The lowest BCUT2D eigenvalue weighted by Gasteiger charge is -2.04. The van der Waals surface area contributed by atoms with Gasteiger partial charge in [0.1, 0.15) is 17.4 Å². The van der Waals surface area contributed by atoms with Crippen LogP contribution in [0.15, 0.2) is 53.7 Å². The number of aromatic amines is 1. The third kappa shape index (κ3) is 5.62. The van der Waals surface area contributed by atoms with Gasteiger partial charge in [-0.05, 0) is 48.0 Å². The van der Waals surface area contributed by atoms with E-state index in [1.807, 2.05) is 18.2 Å². The summed E-state index contributed by atoms with van der Waals surface area (Å²) in [4.78, 5) is 4.36. The molecule has 0 unspecified atom stereocenters. The number of nitrogens with zero attached hydrogens (tertiary/aromatic N) is 2. The summed E-state index contributed by atoms with van der Waals surface area (Å²) in [6, 6.07) is 13.5. The van der Waals surface area contributed by atoms with E-state index in [-0.39, 0.29) is 5.82 Å². The normalized spacial score (nSPS) is 11.1. The average molecular weight is 376 g/mol. The zero-order valence-electron chi connectivity index (χ0n) is 13.2. The molecule has 0 saturated carbocycles. The average Bonchev–Trinajstić information content (AvgIpc) is 3.08. The summed E-state index contributed by atoms with van der Waals surface area (Å²) in [5, 5.41) is 8.33. The van der Waals surface area contributed by atoms with Crippen molar-refractivity contribution in [1.82, 2.24) is 15.2 Å². The van der Waals surface area contributed by atoms with Gasteiger partial charge < -0.3 is 4.74 Å². The van der Waals surface area contributed by atoms with Crippen molar-refractivity contribution in [3.05, 3.63) is 70.8 Å². The molecule has 25 heavy (non-hydrogen) atoms. The molecule has 4 nitrogen and oxygen atoms in total. The second-order valence-electron chi connectivity index (χ2n) is 5.04. The lowest BCUT2D eigenvalue weighted by molar-refractivity contribution is 0.344. The number of hydrogen-bond acceptors (Lipinski definition) is 4. The fourth-order valence-electron chi connectivity index (χ4n) is 1.97. The largest absolute Gasteiger partial charge is 0.493 e. The molecule has 128 valence electrons. The number of H-pyrrole nitrogens is 1. The van der Waals surface area contributed by atoms with Crippen molar-refractivity contribution in [1.29, 1.82) is 0 Å². The van der Waals surface area contributed by atoms with Gasteiger partial charge in [-0.25, -0.2) is 9.37 Å². The Balaban J connectivity index is 1.45. The zero-order chi connectivity index (χ0) is 17.5. The summed E-state index contributed by atoms with van der Waals surface area (Å²) < 4.78 is 18.5. The first kappa shape index (κ1) is 17.5. The predicted octanol–water partition coefficient (Wildman–Crippen LogP) is 4.94. The highest BCUT2D eigenvalue weighted by Crippen LogP contribution is 2.17. The van der Waals surface area contributed by atoms with Gasteiger partial charge in [-0.15, -0.1) is 5.10 Å². The molecule has 1 aromatic heterocycles. The first-order chi connectivity index (χ1) is 12.2. The molecular formula is C18H15ClFN3OS. The van der Waals surface area contributed by atoms with E-state index in [2.05, 4.69) is 15.2 Å². The molecule has 0 saturated heterocycles. The molecule has 1 N–H and O–H groups in total. The van der Waals surface area contributed by atoms with Crippen LogP contribution < -0.4 is 4.74 Å². The van der Waals surface area contributed by atoms with E-state index in [1.165, 1.54) is 23.9 Å². The Hall–Kier alpha value is -2.31. The lowest BCUT2D eigenvalue weighted by Crippen LogP contribution is -2.00. The van der Waals surface area contributed by atoms with Gasteiger partial charge in [0.05, 0.1) is 6.61 Å². The van der Waals surface area contributed by atoms with Crippen molar-refractivity contribution < 1.29 is 9.13 Å². The minimum absolute atomic E-state index is 0.253. The van der Waals surface area contributed by atoms with Crippen LogP contribution in [0.4, 0.5) is 4.39 Å². The van der Waals surface area contributed by atoms with E-state index in [9.17, 15) is 4.39 Å². The minimum atomic E-state index is -0.253. The molecule has 0 spiro atoms. The molecule has 0 aliphatic rings. The van der Waals surface area contributed by atoms with Gasteiger partial charge in [0.2, 0.25) is 5.16 Å². The SMILES string of the molecule is Fc1ccc(/C=C/c2nc(SCCOc3ccc(Cl)cc3)n[nH]2)cc1. The summed E-state index contributed by atoms with van der Waals surface area (Å²) in [7, 11) is 0. The second-order valence-corrected chi connectivity index (χ2v) is 6.54. The van der Waals surface area contributed by atoms with Gasteiger partial charge in [0.25, 0.3) is 0 Å². The molecular weight excluding hydrogens is 361 g/mol. The smallest absolute Gasteiger partial charge is 0.208 e. The molecule has 1 heterocycles. The van der Waals surface area contributed by atoms with Crippen LogP contribution in [-0.4, -0.2) is 27.5 Å². The molecule has 0 bridgehead atoms. The molecule has 0 fully saturated rings. The number of benzene rings is 2. The molecule has 0 atom stereocenters. The van der Waals surface area contributed by atoms with Gasteiger partial charge in [-0.2, -0.15) is 0 Å². The molecule has 3 aromatic rings. The van der Waals surface area contributed by atoms with Crippen molar-refractivity contribution in [3.63, 3.8) is 0 Å². The minimum Gasteiger partial charge on any atom is -0.493 e. The van der Waals surface area contributed by atoms with Crippen molar-refractivity contribution in [3.8, 4) is 5.75 Å². The zero-order valence-corrected chi connectivity index (χ0v) is 14.7. The van der Waals surface area contributed by atoms with E-state index in [0.717, 1.165) is 17.1 Å². The molecule has 0 aliphatic carbocycles. The third-order valence-electron chi connectivity index (χ3n) is 3.18. The fraction of sp³-hybridized carbons (Fsp3) is 0.111. The van der Waals surface area contributed by atoms with Gasteiger partial charge in [0.15, 0.2) is 0 Å². The van der Waals surface area contributed by atoms with Crippen molar-refractivity contribution in [2.24, 2.45) is 0 Å². The Kier molecular flexibility index (Phi) is 6.09. The van der Waals surface area contributed by atoms with Gasteiger partial charge in [-0.1, -0.05) is 41.6 Å². The predicted molar refractivity (Wildman–Crippen MR) is 99.4 cm³/mol. The highest BCUT2D eigenvalue weighted by Gasteiger charge is 2.02. The van der Waals surface area contributed by atoms with Gasteiger partial charge in [-0.3, -0.25) is 5.10 Å². The topological polar surface area (TPSA) is 50.8 Å². The number of aromatic nitrogens is 3. The molecule has 0 amide bonds. The number of rotatable bonds is 7. The Morgan fingerprint density at radius 1 is 1.08 bits per heavy atom. The molecule has 2 aromatic carbocycles. The van der Waals surface area contributed by atoms with E-state index in [1.54, 1.807) is 30.3 Å². The number of ether oxygens (including phenoxy) is 1. The van der Waals surface area contributed by atoms with Crippen LogP contribution in [0.1, 0.15) is 11.4 Å². The van der Waals surface area contributed by atoms with Crippen LogP contribution in [0, 0.1) is 5.82 Å². The van der Waals surface area contributed by atoms with Gasteiger partial charge >= 0.3 is 0 Å². The molecule has 0 radical (unpaired) electrons. The quantitative estimate of drug-likeness (QED) is 0.469. The monoisotopic (exact) mass is 375 g/mol. The summed E-state index contributed by atoms with van der Waals surface area (Å²) in [5.41, 5.74) is 0.892. The van der Waals surface area contributed by atoms with E-state index in [0.29, 0.717) is 22.6 Å². The number of halogens is 2. The maximum absolute atomic E-state index is 12.9. The summed E-state index contributed by atoms with van der Waals surface area (Å²) >= 11 is 7.32. The number of thioether (sulfide) groups is 1. The van der Waals surface area contributed by atoms with Crippen LogP contribution in [0.3, 0.4) is 0 Å². The number of nitrogens with one attached hydrogen (secondary N) is 1. The van der Waals surface area contributed by atoms with Gasteiger partial charge in [0, 0.05) is 10.8 Å². The maximum Gasteiger partial charge on any atom is 0.208 e. The van der Waals surface area contributed by atoms with Crippen LogP contribution in [0.2, 0.25) is 5.02 Å². The highest BCUT2D eigenvalue weighted by atomic mass is 35.5. The van der Waals surface area contributed by atoms with Crippen LogP contribution in [0.5, 0.6) is 5.75 Å². The summed E-state index contributed by atoms with van der Waals surface area (Å²) in [6.07, 6.45) is 3.65. The van der Waals surface area contributed by atoms with Crippen molar-refractivity contribution in [2.75, 3.05) is 12.4 Å². The summed E-state index contributed by atoms with van der Waals surface area (Å²) in [6.45, 7) is 0.543. The molecule has 7 heteroatoms. The molecule has 3 rings (SSSR count). The van der Waals surface area contributed by atoms with E-state index in [4.69, 9.17) is 16.3 Å². The Morgan fingerprint density at radius 3 is 2.60 bits per heavy atom. The first-order valence-electron chi connectivity index (χ1n) is 7.56. The van der Waals surface area contributed by atoms with Crippen molar-refractivity contribution in [2.45, 2.75) is 5.16 Å².